The first-order valence-electron chi connectivity index (χ1n) is 7.89. The van der Waals surface area contributed by atoms with Gasteiger partial charge in [0.05, 0.1) is 5.69 Å². The summed E-state index contributed by atoms with van der Waals surface area (Å²) in [6.45, 7) is 1.35. The zero-order valence-electron chi connectivity index (χ0n) is 12.6. The van der Waals surface area contributed by atoms with E-state index < -0.39 is 0 Å². The van der Waals surface area contributed by atoms with Gasteiger partial charge in [-0.25, -0.2) is 4.98 Å². The largest absolute Gasteiger partial charge is 0.382 e. The fraction of sp³-hybridized carbons (Fsp3) is 0.500. The van der Waals surface area contributed by atoms with E-state index in [4.69, 9.17) is 14.5 Å². The van der Waals surface area contributed by atoms with Crippen LogP contribution < -0.4 is 5.32 Å². The van der Waals surface area contributed by atoms with Crippen molar-refractivity contribution in [2.75, 3.05) is 18.5 Å². The topological polar surface area (TPSA) is 96.9 Å². The normalized spacial score (nSPS) is 23.6. The molecule has 2 aromatic heterocycles. The molecule has 0 aromatic carbocycles. The van der Waals surface area contributed by atoms with Crippen molar-refractivity contribution in [3.8, 4) is 6.07 Å². The fourth-order valence-electron chi connectivity index (χ4n) is 2.86. The Hall–Kier alpha value is -2.46. The second kappa shape index (κ2) is 5.97. The summed E-state index contributed by atoms with van der Waals surface area (Å²) in [5, 5.41) is 16.4. The van der Waals surface area contributed by atoms with Crippen molar-refractivity contribution in [2.45, 2.75) is 31.3 Å². The van der Waals surface area contributed by atoms with E-state index in [9.17, 15) is 0 Å². The third-order valence-corrected chi connectivity index (χ3v) is 4.33. The third-order valence-electron chi connectivity index (χ3n) is 4.33. The maximum Gasteiger partial charge on any atom is 0.256 e. The van der Waals surface area contributed by atoms with Gasteiger partial charge in [-0.2, -0.15) is 10.2 Å². The molecule has 3 heterocycles. The Morgan fingerprint density at radius 2 is 2.26 bits per heavy atom. The second-order valence-electron chi connectivity index (χ2n) is 6.00. The van der Waals surface area contributed by atoms with Gasteiger partial charge >= 0.3 is 0 Å². The number of ether oxygens (including phenoxy) is 1. The predicted octanol–water partition coefficient (Wildman–Crippen LogP) is 2.40. The Balaban J connectivity index is 1.44. The van der Waals surface area contributed by atoms with Gasteiger partial charge in [0.15, 0.2) is 11.5 Å². The SMILES string of the molecule is N#Cc1ncccc1NC[C@@H]1CCO[C@@H]1c1nc(C2CC2)no1. The van der Waals surface area contributed by atoms with Crippen LogP contribution in [0.2, 0.25) is 0 Å². The number of hydrogen-bond acceptors (Lipinski definition) is 7. The molecule has 118 valence electrons. The molecule has 2 aromatic rings. The molecule has 0 amide bonds. The monoisotopic (exact) mass is 311 g/mol. The maximum atomic E-state index is 9.09. The van der Waals surface area contributed by atoms with E-state index in [1.807, 2.05) is 12.1 Å². The van der Waals surface area contributed by atoms with E-state index in [1.165, 1.54) is 0 Å². The number of rotatable bonds is 5. The van der Waals surface area contributed by atoms with Gasteiger partial charge in [-0.15, -0.1) is 0 Å². The van der Waals surface area contributed by atoms with Crippen LogP contribution in [-0.2, 0) is 4.74 Å². The zero-order valence-corrected chi connectivity index (χ0v) is 12.6. The average Bonchev–Trinajstić information content (AvgIpc) is 3.14. The average molecular weight is 311 g/mol. The second-order valence-corrected chi connectivity index (χ2v) is 6.00. The van der Waals surface area contributed by atoms with Crippen LogP contribution >= 0.6 is 0 Å². The van der Waals surface area contributed by atoms with Crippen LogP contribution in [-0.4, -0.2) is 28.3 Å². The minimum absolute atomic E-state index is 0.176. The number of aromatic nitrogens is 3. The number of nitriles is 1. The van der Waals surface area contributed by atoms with Crippen LogP contribution in [0.25, 0.3) is 0 Å². The van der Waals surface area contributed by atoms with Crippen molar-refractivity contribution < 1.29 is 9.26 Å². The highest BCUT2D eigenvalue weighted by molar-refractivity contribution is 5.53. The van der Waals surface area contributed by atoms with Gasteiger partial charge in [-0.05, 0) is 31.4 Å². The molecule has 2 fully saturated rings. The summed E-state index contributed by atoms with van der Waals surface area (Å²) in [4.78, 5) is 8.55. The summed E-state index contributed by atoms with van der Waals surface area (Å²) in [7, 11) is 0. The maximum absolute atomic E-state index is 9.09. The van der Waals surface area contributed by atoms with Crippen LogP contribution in [0, 0.1) is 17.2 Å². The van der Waals surface area contributed by atoms with Crippen LogP contribution in [0.5, 0.6) is 0 Å². The number of hydrogen-bond donors (Lipinski definition) is 1. The third kappa shape index (κ3) is 2.90. The predicted molar refractivity (Wildman–Crippen MR) is 80.5 cm³/mol. The Labute approximate surface area is 133 Å². The molecule has 7 nitrogen and oxygen atoms in total. The molecular formula is C16H17N5O2. The summed E-state index contributed by atoms with van der Waals surface area (Å²) in [6.07, 6.45) is 4.65. The fourth-order valence-corrected chi connectivity index (χ4v) is 2.86. The van der Waals surface area contributed by atoms with Crippen LogP contribution in [0.4, 0.5) is 5.69 Å². The number of anilines is 1. The summed E-state index contributed by atoms with van der Waals surface area (Å²) < 4.78 is 11.2. The van der Waals surface area contributed by atoms with E-state index in [2.05, 4.69) is 26.5 Å². The van der Waals surface area contributed by atoms with Gasteiger partial charge in [0, 0.05) is 31.2 Å². The molecule has 1 N–H and O–H groups in total. The molecule has 23 heavy (non-hydrogen) atoms. The summed E-state index contributed by atoms with van der Waals surface area (Å²) >= 11 is 0. The van der Waals surface area contributed by atoms with Crippen LogP contribution in [0.15, 0.2) is 22.9 Å². The van der Waals surface area contributed by atoms with E-state index in [0.29, 0.717) is 30.7 Å². The number of nitrogens with zero attached hydrogens (tertiary/aromatic N) is 4. The minimum Gasteiger partial charge on any atom is -0.382 e. The van der Waals surface area contributed by atoms with E-state index in [0.717, 1.165) is 30.8 Å². The van der Waals surface area contributed by atoms with Crippen LogP contribution in [0.1, 0.15) is 48.7 Å². The lowest BCUT2D eigenvalue weighted by molar-refractivity contribution is 0.0650. The van der Waals surface area contributed by atoms with Gasteiger partial charge in [0.25, 0.3) is 5.89 Å². The Bertz CT molecular complexity index is 734. The Morgan fingerprint density at radius 1 is 1.35 bits per heavy atom. The van der Waals surface area contributed by atoms with Crippen molar-refractivity contribution >= 4 is 5.69 Å². The van der Waals surface area contributed by atoms with E-state index >= 15 is 0 Å². The molecule has 1 saturated heterocycles. The smallest absolute Gasteiger partial charge is 0.256 e. The van der Waals surface area contributed by atoms with Gasteiger partial charge in [-0.1, -0.05) is 5.16 Å². The Kier molecular flexibility index (Phi) is 3.67. The van der Waals surface area contributed by atoms with Gasteiger partial charge in [0.2, 0.25) is 0 Å². The van der Waals surface area contributed by atoms with Crippen molar-refractivity contribution in [1.82, 2.24) is 15.1 Å². The van der Waals surface area contributed by atoms with Crippen molar-refractivity contribution in [3.63, 3.8) is 0 Å². The summed E-state index contributed by atoms with van der Waals surface area (Å²) in [5.74, 6) is 2.08. The first-order valence-corrected chi connectivity index (χ1v) is 7.89. The number of pyridine rings is 1. The molecular weight excluding hydrogens is 294 g/mol. The van der Waals surface area contributed by atoms with E-state index in [-0.39, 0.29) is 12.0 Å². The first-order chi connectivity index (χ1) is 11.3. The molecule has 0 bridgehead atoms. The lowest BCUT2D eigenvalue weighted by Gasteiger charge is -2.16. The highest BCUT2D eigenvalue weighted by atomic mass is 16.5. The van der Waals surface area contributed by atoms with Gasteiger partial charge < -0.3 is 14.6 Å². The van der Waals surface area contributed by atoms with Crippen molar-refractivity contribution in [2.24, 2.45) is 5.92 Å². The molecule has 2 atom stereocenters. The summed E-state index contributed by atoms with van der Waals surface area (Å²) in [5.41, 5.74) is 1.14. The standard InChI is InChI=1S/C16H17N5O2/c17-8-13-12(2-1-6-18-13)19-9-11-5-7-22-14(11)16-20-15(21-23-16)10-3-4-10/h1-2,6,10-11,14,19H,3-5,7,9H2/t11-,14-/m0/s1. The first kappa shape index (κ1) is 14.2. The Morgan fingerprint density at radius 3 is 3.09 bits per heavy atom. The van der Waals surface area contributed by atoms with E-state index in [1.54, 1.807) is 6.20 Å². The molecule has 1 saturated carbocycles. The zero-order chi connectivity index (χ0) is 15.6. The molecule has 4 rings (SSSR count). The van der Waals surface area contributed by atoms with Crippen LogP contribution in [0.3, 0.4) is 0 Å². The molecule has 0 radical (unpaired) electrons. The lowest BCUT2D eigenvalue weighted by Crippen LogP contribution is -2.18. The molecule has 0 spiro atoms. The molecule has 7 heteroatoms. The van der Waals surface area contributed by atoms with Gasteiger partial charge in [0.1, 0.15) is 12.2 Å². The summed E-state index contributed by atoms with van der Waals surface area (Å²) in [6, 6.07) is 5.76. The number of nitrogens with one attached hydrogen (secondary N) is 1. The molecule has 2 aliphatic rings. The van der Waals surface area contributed by atoms with Crippen molar-refractivity contribution in [3.05, 3.63) is 35.7 Å². The molecule has 1 aliphatic heterocycles. The minimum atomic E-state index is -0.176. The lowest BCUT2D eigenvalue weighted by atomic mass is 10.0. The molecule has 0 unspecified atom stereocenters. The highest BCUT2D eigenvalue weighted by Crippen LogP contribution is 2.40. The van der Waals surface area contributed by atoms with Crippen molar-refractivity contribution in [1.29, 1.82) is 5.26 Å². The molecule has 1 aliphatic carbocycles. The quantitative estimate of drug-likeness (QED) is 0.905. The van der Waals surface area contributed by atoms with Gasteiger partial charge in [-0.3, -0.25) is 0 Å². The highest BCUT2D eigenvalue weighted by Gasteiger charge is 2.36.